The number of para-hydroxylation sites is 1. The number of allylic oxidation sites excluding steroid dienone is 1. The summed E-state index contributed by atoms with van der Waals surface area (Å²) in [5, 5.41) is 13.2. The first-order valence-electron chi connectivity index (χ1n) is 6.22. The summed E-state index contributed by atoms with van der Waals surface area (Å²) >= 11 is 0. The van der Waals surface area contributed by atoms with E-state index in [1.54, 1.807) is 6.20 Å². The highest BCUT2D eigenvalue weighted by molar-refractivity contribution is 5.88. The molecule has 0 aliphatic carbocycles. The zero-order valence-corrected chi connectivity index (χ0v) is 11.4. The van der Waals surface area contributed by atoms with Crippen LogP contribution in [0.3, 0.4) is 0 Å². The minimum Gasteiger partial charge on any atom is -0.485 e. The van der Waals surface area contributed by atoms with Gasteiger partial charge in [0.05, 0.1) is 11.9 Å². The molecule has 1 aromatic carbocycles. The Bertz CT molecular complexity index is 626. The zero-order chi connectivity index (χ0) is 14.5. The van der Waals surface area contributed by atoms with Gasteiger partial charge in [-0.25, -0.2) is 9.48 Å². The summed E-state index contributed by atoms with van der Waals surface area (Å²) in [6.45, 7) is 4.23. The molecule has 0 radical (unpaired) electrons. The lowest BCUT2D eigenvalue weighted by atomic mass is 10.3. The Labute approximate surface area is 117 Å². The highest BCUT2D eigenvalue weighted by Crippen LogP contribution is 2.20. The molecule has 0 fully saturated rings. The highest BCUT2D eigenvalue weighted by Gasteiger charge is 2.17. The standard InChI is InChI=1S/C15H16N2O3/c1-11(2)8-9-20-13-10-17(16-14(13)15(18)19)12-6-4-3-5-7-12/h3-8,10H,9H2,1-2H3,(H,18,19). The van der Waals surface area contributed by atoms with Crippen molar-refractivity contribution in [1.82, 2.24) is 9.78 Å². The number of nitrogens with zero attached hydrogens (tertiary/aromatic N) is 2. The molecule has 0 spiro atoms. The first kappa shape index (κ1) is 13.9. The number of hydrogen-bond acceptors (Lipinski definition) is 3. The van der Waals surface area contributed by atoms with Crippen LogP contribution in [0.15, 0.2) is 48.2 Å². The van der Waals surface area contributed by atoms with E-state index < -0.39 is 5.97 Å². The van der Waals surface area contributed by atoms with Gasteiger partial charge in [0, 0.05) is 0 Å². The van der Waals surface area contributed by atoms with Gasteiger partial charge in [0.15, 0.2) is 5.75 Å². The molecular weight excluding hydrogens is 256 g/mol. The molecular formula is C15H16N2O3. The summed E-state index contributed by atoms with van der Waals surface area (Å²) in [5.74, 6) is -0.842. The van der Waals surface area contributed by atoms with E-state index in [0.29, 0.717) is 6.61 Å². The third-order valence-electron chi connectivity index (χ3n) is 2.63. The van der Waals surface area contributed by atoms with Crippen LogP contribution in [0.1, 0.15) is 24.3 Å². The van der Waals surface area contributed by atoms with E-state index >= 15 is 0 Å². The first-order chi connectivity index (χ1) is 9.58. The Kier molecular flexibility index (Phi) is 4.20. The van der Waals surface area contributed by atoms with Crippen LogP contribution >= 0.6 is 0 Å². The minimum atomic E-state index is -1.10. The Balaban J connectivity index is 2.29. The van der Waals surface area contributed by atoms with E-state index in [2.05, 4.69) is 5.10 Å². The van der Waals surface area contributed by atoms with Crippen molar-refractivity contribution in [2.24, 2.45) is 0 Å². The second-order valence-corrected chi connectivity index (χ2v) is 4.52. The van der Waals surface area contributed by atoms with Crippen LogP contribution in [-0.2, 0) is 0 Å². The highest BCUT2D eigenvalue weighted by atomic mass is 16.5. The molecule has 1 heterocycles. The number of aromatic nitrogens is 2. The van der Waals surface area contributed by atoms with Gasteiger partial charge < -0.3 is 9.84 Å². The van der Waals surface area contributed by atoms with E-state index in [0.717, 1.165) is 11.3 Å². The molecule has 0 amide bonds. The fraction of sp³-hybridized carbons (Fsp3) is 0.200. The molecule has 0 aliphatic heterocycles. The summed E-state index contributed by atoms with van der Waals surface area (Å²) in [5.41, 5.74) is 1.81. The summed E-state index contributed by atoms with van der Waals surface area (Å²) in [6.07, 6.45) is 3.46. The summed E-state index contributed by atoms with van der Waals surface area (Å²) in [6, 6.07) is 9.30. The molecule has 1 N–H and O–H groups in total. The summed E-state index contributed by atoms with van der Waals surface area (Å²) < 4.78 is 6.97. The number of benzene rings is 1. The largest absolute Gasteiger partial charge is 0.485 e. The second kappa shape index (κ2) is 6.06. The van der Waals surface area contributed by atoms with Gasteiger partial charge >= 0.3 is 5.97 Å². The molecule has 2 aromatic rings. The topological polar surface area (TPSA) is 64.4 Å². The molecule has 0 unspecified atom stereocenters. The molecule has 0 saturated heterocycles. The van der Waals surface area contributed by atoms with Gasteiger partial charge in [0.1, 0.15) is 6.61 Å². The Hall–Kier alpha value is -2.56. The molecule has 5 nitrogen and oxygen atoms in total. The van der Waals surface area contributed by atoms with E-state index in [4.69, 9.17) is 9.84 Å². The number of carboxylic acid groups (broad SMARTS) is 1. The smallest absolute Gasteiger partial charge is 0.360 e. The Morgan fingerprint density at radius 3 is 2.65 bits per heavy atom. The number of rotatable bonds is 5. The number of hydrogen-bond donors (Lipinski definition) is 1. The van der Waals surface area contributed by atoms with Crippen LogP contribution in [0.5, 0.6) is 5.75 Å². The zero-order valence-electron chi connectivity index (χ0n) is 11.4. The predicted molar refractivity (Wildman–Crippen MR) is 75.4 cm³/mol. The van der Waals surface area contributed by atoms with Crippen LogP contribution in [0.25, 0.3) is 5.69 Å². The maximum Gasteiger partial charge on any atom is 0.360 e. The van der Waals surface area contributed by atoms with Crippen molar-refractivity contribution in [2.75, 3.05) is 6.61 Å². The van der Waals surface area contributed by atoms with Crippen LogP contribution in [0.4, 0.5) is 0 Å². The molecule has 0 saturated carbocycles. The lowest BCUT2D eigenvalue weighted by Gasteiger charge is -2.00. The molecule has 1 aromatic heterocycles. The maximum atomic E-state index is 11.2. The van der Waals surface area contributed by atoms with Gasteiger partial charge in [-0.2, -0.15) is 5.10 Å². The summed E-state index contributed by atoms with van der Waals surface area (Å²) in [4.78, 5) is 11.2. The normalized spacial score (nSPS) is 10.1. The monoisotopic (exact) mass is 272 g/mol. The third-order valence-corrected chi connectivity index (χ3v) is 2.63. The van der Waals surface area contributed by atoms with Gasteiger partial charge in [0.25, 0.3) is 0 Å². The van der Waals surface area contributed by atoms with Crippen molar-refractivity contribution >= 4 is 5.97 Å². The molecule has 5 heteroatoms. The van der Waals surface area contributed by atoms with Crippen LogP contribution in [0.2, 0.25) is 0 Å². The van der Waals surface area contributed by atoms with Crippen LogP contribution in [-0.4, -0.2) is 27.5 Å². The van der Waals surface area contributed by atoms with Crippen LogP contribution < -0.4 is 4.74 Å². The van der Waals surface area contributed by atoms with Crippen molar-refractivity contribution < 1.29 is 14.6 Å². The maximum absolute atomic E-state index is 11.2. The van der Waals surface area contributed by atoms with Crippen LogP contribution in [0, 0.1) is 0 Å². The average molecular weight is 272 g/mol. The van der Waals surface area contributed by atoms with E-state index in [9.17, 15) is 4.79 Å². The van der Waals surface area contributed by atoms with Crippen molar-refractivity contribution in [2.45, 2.75) is 13.8 Å². The molecule has 0 aliphatic rings. The van der Waals surface area contributed by atoms with Crippen molar-refractivity contribution in [3.8, 4) is 11.4 Å². The van der Waals surface area contributed by atoms with Gasteiger partial charge in [-0.1, -0.05) is 23.8 Å². The fourth-order valence-corrected chi connectivity index (χ4v) is 1.62. The van der Waals surface area contributed by atoms with Gasteiger partial charge in [-0.05, 0) is 32.1 Å². The van der Waals surface area contributed by atoms with Gasteiger partial charge in [0.2, 0.25) is 5.69 Å². The predicted octanol–water partition coefficient (Wildman–Crippen LogP) is 2.92. The van der Waals surface area contributed by atoms with Crippen molar-refractivity contribution in [3.05, 3.63) is 53.9 Å². The quantitative estimate of drug-likeness (QED) is 0.850. The molecule has 104 valence electrons. The van der Waals surface area contributed by atoms with E-state index in [-0.39, 0.29) is 11.4 Å². The van der Waals surface area contributed by atoms with E-state index in [1.807, 2.05) is 50.3 Å². The molecule has 20 heavy (non-hydrogen) atoms. The fourth-order valence-electron chi connectivity index (χ4n) is 1.62. The van der Waals surface area contributed by atoms with E-state index in [1.165, 1.54) is 4.68 Å². The number of aromatic carboxylic acids is 1. The van der Waals surface area contributed by atoms with Gasteiger partial charge in [-0.3, -0.25) is 0 Å². The van der Waals surface area contributed by atoms with Gasteiger partial charge in [-0.15, -0.1) is 0 Å². The minimum absolute atomic E-state index is 0.0870. The van der Waals surface area contributed by atoms with Crippen molar-refractivity contribution in [1.29, 1.82) is 0 Å². The number of ether oxygens (including phenoxy) is 1. The SMILES string of the molecule is CC(C)=CCOc1cn(-c2ccccc2)nc1C(=O)O. The number of carbonyl (C=O) groups is 1. The molecule has 2 rings (SSSR count). The molecule has 0 atom stereocenters. The third kappa shape index (κ3) is 3.26. The lowest BCUT2D eigenvalue weighted by molar-refractivity contribution is 0.0686. The second-order valence-electron chi connectivity index (χ2n) is 4.52. The molecule has 0 bridgehead atoms. The Morgan fingerprint density at radius 2 is 2.05 bits per heavy atom. The van der Waals surface area contributed by atoms with Crippen molar-refractivity contribution in [3.63, 3.8) is 0 Å². The lowest BCUT2D eigenvalue weighted by Crippen LogP contribution is -2.03. The number of carboxylic acids is 1. The average Bonchev–Trinajstić information content (AvgIpc) is 2.84. The summed E-state index contributed by atoms with van der Waals surface area (Å²) in [7, 11) is 0. The first-order valence-corrected chi connectivity index (χ1v) is 6.22. The Morgan fingerprint density at radius 1 is 1.35 bits per heavy atom.